The Bertz CT molecular complexity index is 1270. The van der Waals surface area contributed by atoms with Gasteiger partial charge >= 0.3 is 0 Å². The zero-order chi connectivity index (χ0) is 57.9. The minimum Gasteiger partial charge on any atom is -0.394 e. The molecule has 0 aromatic heterocycles. The van der Waals surface area contributed by atoms with E-state index < -0.39 is 49.5 Å². The predicted octanol–water partition coefficient (Wildman–Crippen LogP) is 19.5. The van der Waals surface area contributed by atoms with E-state index in [1.807, 2.05) is 0 Å². The van der Waals surface area contributed by atoms with Crippen LogP contribution in [0.5, 0.6) is 0 Å². The van der Waals surface area contributed by atoms with Gasteiger partial charge < -0.3 is 40.3 Å². The summed E-state index contributed by atoms with van der Waals surface area (Å²) in [4.78, 5) is 13.2. The van der Waals surface area contributed by atoms with Crippen molar-refractivity contribution in [3.63, 3.8) is 0 Å². The molecule has 0 bridgehead atoms. The summed E-state index contributed by atoms with van der Waals surface area (Å²) in [6.45, 7) is 3.90. The van der Waals surface area contributed by atoms with Crippen LogP contribution in [0.4, 0.5) is 0 Å². The number of ether oxygens (including phenoxy) is 2. The van der Waals surface area contributed by atoms with Crippen molar-refractivity contribution in [2.24, 2.45) is 0 Å². The Balaban J connectivity index is 2.08. The Hall–Kier alpha value is -1.07. The highest BCUT2D eigenvalue weighted by molar-refractivity contribution is 5.76. The summed E-state index contributed by atoms with van der Waals surface area (Å²) in [5.74, 6) is -0.134. The first-order chi connectivity index (χ1) is 39.3. The van der Waals surface area contributed by atoms with Gasteiger partial charge in [0.15, 0.2) is 6.29 Å². The molecule has 1 rings (SSSR count). The summed E-state index contributed by atoms with van der Waals surface area (Å²) in [5, 5.41) is 55.0. The third-order valence-corrected chi connectivity index (χ3v) is 17.6. The van der Waals surface area contributed by atoms with Crippen LogP contribution in [0.25, 0.3) is 0 Å². The first-order valence-corrected chi connectivity index (χ1v) is 35.9. The number of allylic oxidation sites excluding steroid dienone is 2. The van der Waals surface area contributed by atoms with Crippen molar-refractivity contribution >= 4 is 5.91 Å². The molecule has 80 heavy (non-hydrogen) atoms. The summed E-state index contributed by atoms with van der Waals surface area (Å²) in [6, 6.07) is -0.716. The van der Waals surface area contributed by atoms with Gasteiger partial charge in [0.25, 0.3) is 0 Å². The lowest BCUT2D eigenvalue weighted by Gasteiger charge is -2.40. The van der Waals surface area contributed by atoms with Crippen molar-refractivity contribution in [1.29, 1.82) is 0 Å². The summed E-state index contributed by atoms with van der Waals surface area (Å²) in [5.41, 5.74) is 0. The monoisotopic (exact) mass is 1130 g/mol. The van der Waals surface area contributed by atoms with E-state index in [9.17, 15) is 30.3 Å². The highest BCUT2D eigenvalue weighted by Gasteiger charge is 2.44. The first-order valence-electron chi connectivity index (χ1n) is 35.9. The molecule has 7 atom stereocenters. The van der Waals surface area contributed by atoms with Crippen molar-refractivity contribution < 1.29 is 39.8 Å². The Kier molecular flexibility index (Phi) is 58.7. The maximum absolute atomic E-state index is 13.2. The molecule has 6 N–H and O–H groups in total. The molecule has 476 valence electrons. The molecule has 1 heterocycles. The van der Waals surface area contributed by atoms with Crippen LogP contribution in [0.2, 0.25) is 0 Å². The summed E-state index contributed by atoms with van der Waals surface area (Å²) < 4.78 is 11.4. The third-order valence-electron chi connectivity index (χ3n) is 17.6. The Morgan fingerprint density at radius 3 is 1.01 bits per heavy atom. The van der Waals surface area contributed by atoms with Crippen molar-refractivity contribution in [2.45, 2.75) is 423 Å². The Labute approximate surface area is 496 Å². The van der Waals surface area contributed by atoms with Crippen molar-refractivity contribution in [3.8, 4) is 0 Å². The van der Waals surface area contributed by atoms with Gasteiger partial charge in [0.1, 0.15) is 24.4 Å². The largest absolute Gasteiger partial charge is 0.394 e. The fraction of sp³-hybridized carbons (Fsp3) is 0.958. The highest BCUT2D eigenvalue weighted by atomic mass is 16.7. The van der Waals surface area contributed by atoms with E-state index in [2.05, 4.69) is 31.3 Å². The van der Waals surface area contributed by atoms with Gasteiger partial charge in [-0.05, 0) is 38.5 Å². The second-order valence-corrected chi connectivity index (χ2v) is 25.4. The maximum Gasteiger partial charge on any atom is 0.220 e. The average molecular weight is 1130 g/mol. The van der Waals surface area contributed by atoms with E-state index in [0.29, 0.717) is 12.8 Å². The molecule has 0 aromatic rings. The van der Waals surface area contributed by atoms with Crippen LogP contribution in [0, 0.1) is 0 Å². The number of hydrogen-bond acceptors (Lipinski definition) is 8. The molecular formula is C71H139NO8. The lowest BCUT2D eigenvalue weighted by atomic mass is 9.99. The number of aliphatic hydroxyl groups is 5. The average Bonchev–Trinajstić information content (AvgIpc) is 3.46. The van der Waals surface area contributed by atoms with Gasteiger partial charge in [-0.1, -0.05) is 347 Å². The first kappa shape index (κ1) is 76.9. The number of hydrogen-bond donors (Lipinski definition) is 6. The standard InChI is InChI=1S/C71H139NO8/c1-3-5-7-9-11-13-15-17-19-21-23-25-27-29-30-31-32-33-34-35-36-37-39-41-43-45-47-49-51-53-55-57-59-61-67(75)72-64(63-79-71-70(78)69(77)68(76)66(62-73)80-71)65(74)60-58-56-54-52-50-48-46-44-42-40-38-28-26-24-22-20-18-16-14-12-10-8-6-4-2/h21,23,64-66,68-71,73-74,76-78H,3-20,22,24-63H2,1-2H3,(H,72,75)/b23-21-. The number of amides is 1. The smallest absolute Gasteiger partial charge is 0.220 e. The molecule has 9 heteroatoms. The molecule has 1 fully saturated rings. The van der Waals surface area contributed by atoms with Crippen LogP contribution in [-0.2, 0) is 14.3 Å². The van der Waals surface area contributed by atoms with Crippen molar-refractivity contribution in [2.75, 3.05) is 13.2 Å². The SMILES string of the molecule is CCCCCCCCCC/C=C\CCCCCCCCCCCCCCCCCCCCCCCC(=O)NC(COC1OC(CO)C(O)C(O)C1O)C(O)CCCCCCCCCCCCCCCCCCCCCCCCCC. The number of carbonyl (C=O) groups is 1. The van der Waals surface area contributed by atoms with Crippen molar-refractivity contribution in [1.82, 2.24) is 5.32 Å². The normalized spacial score (nSPS) is 18.4. The zero-order valence-electron chi connectivity index (χ0n) is 53.4. The quantitative estimate of drug-likeness (QED) is 0.0261. The van der Waals surface area contributed by atoms with Gasteiger partial charge in [0.05, 0.1) is 25.4 Å². The van der Waals surface area contributed by atoms with Gasteiger partial charge in [-0.15, -0.1) is 0 Å². The van der Waals surface area contributed by atoms with Crippen LogP contribution in [0.3, 0.4) is 0 Å². The Morgan fingerprint density at radius 2 is 0.700 bits per heavy atom. The highest BCUT2D eigenvalue weighted by Crippen LogP contribution is 2.24. The number of rotatable bonds is 64. The second-order valence-electron chi connectivity index (χ2n) is 25.4. The molecule has 0 aromatic carbocycles. The van der Waals surface area contributed by atoms with Crippen LogP contribution >= 0.6 is 0 Å². The molecule has 7 unspecified atom stereocenters. The molecule has 0 radical (unpaired) electrons. The van der Waals surface area contributed by atoms with Gasteiger partial charge in [-0.3, -0.25) is 4.79 Å². The lowest BCUT2D eigenvalue weighted by molar-refractivity contribution is -0.302. The molecule has 1 saturated heterocycles. The fourth-order valence-corrected chi connectivity index (χ4v) is 12.0. The van der Waals surface area contributed by atoms with Crippen LogP contribution in [0.15, 0.2) is 12.2 Å². The van der Waals surface area contributed by atoms with E-state index in [1.165, 1.54) is 315 Å². The van der Waals surface area contributed by atoms with Gasteiger partial charge in [-0.25, -0.2) is 0 Å². The summed E-state index contributed by atoms with van der Waals surface area (Å²) in [7, 11) is 0. The molecule has 9 nitrogen and oxygen atoms in total. The molecule has 0 saturated carbocycles. The fourth-order valence-electron chi connectivity index (χ4n) is 12.0. The minimum atomic E-state index is -1.55. The van der Waals surface area contributed by atoms with E-state index in [4.69, 9.17) is 9.47 Å². The Morgan fingerprint density at radius 1 is 0.412 bits per heavy atom. The minimum absolute atomic E-state index is 0.132. The van der Waals surface area contributed by atoms with Gasteiger partial charge in [0, 0.05) is 6.42 Å². The van der Waals surface area contributed by atoms with E-state index in [0.717, 1.165) is 38.5 Å². The zero-order valence-corrected chi connectivity index (χ0v) is 53.4. The number of unbranched alkanes of at least 4 members (excludes halogenated alkanes) is 52. The topological polar surface area (TPSA) is 149 Å². The predicted molar refractivity (Wildman–Crippen MR) is 341 cm³/mol. The van der Waals surface area contributed by atoms with E-state index >= 15 is 0 Å². The van der Waals surface area contributed by atoms with E-state index in [-0.39, 0.29) is 12.5 Å². The number of nitrogens with one attached hydrogen (secondary N) is 1. The molecular weight excluding hydrogens is 995 g/mol. The molecule has 0 aliphatic carbocycles. The summed E-state index contributed by atoms with van der Waals surface area (Å²) >= 11 is 0. The van der Waals surface area contributed by atoms with Crippen molar-refractivity contribution in [3.05, 3.63) is 12.2 Å². The number of aliphatic hydroxyl groups excluding tert-OH is 5. The molecule has 1 aliphatic rings. The maximum atomic E-state index is 13.2. The van der Waals surface area contributed by atoms with Crippen LogP contribution in [-0.4, -0.2) is 87.5 Å². The van der Waals surface area contributed by atoms with E-state index in [1.54, 1.807) is 0 Å². The summed E-state index contributed by atoms with van der Waals surface area (Å²) in [6.07, 6.45) is 71.5. The molecule has 1 aliphatic heterocycles. The van der Waals surface area contributed by atoms with Gasteiger partial charge in [-0.2, -0.15) is 0 Å². The molecule has 1 amide bonds. The van der Waals surface area contributed by atoms with Crippen LogP contribution in [0.1, 0.15) is 380 Å². The van der Waals surface area contributed by atoms with Crippen LogP contribution < -0.4 is 5.32 Å². The number of carbonyl (C=O) groups excluding carboxylic acids is 1. The second kappa shape index (κ2) is 61.0. The molecule has 0 spiro atoms. The lowest BCUT2D eigenvalue weighted by Crippen LogP contribution is -2.60. The third kappa shape index (κ3) is 49.2. The van der Waals surface area contributed by atoms with Gasteiger partial charge in [0.2, 0.25) is 5.91 Å².